The number of allylic oxidation sites excluding steroid dienone is 1. The number of rotatable bonds is 11. The van der Waals surface area contributed by atoms with Crippen LogP contribution in [-0.2, 0) is 31.7 Å². The number of hydrogen-bond donors (Lipinski definition) is 1. The maximum Gasteiger partial charge on any atom is 0.416 e. The molecule has 1 atom stereocenters. The monoisotopic (exact) mass is 658 g/mol. The molecule has 1 N–H and O–H groups in total. The van der Waals surface area contributed by atoms with Crippen LogP contribution in [0.5, 0.6) is 0 Å². The molecule has 12 nitrogen and oxygen atoms in total. The molecule has 252 valence electrons. The highest BCUT2D eigenvalue weighted by atomic mass is 19.4. The molecular formula is C32H37F3N6O6. The number of carbonyl (C=O) groups is 2. The van der Waals surface area contributed by atoms with Gasteiger partial charge in [0.05, 0.1) is 63.7 Å². The molecule has 0 radical (unpaired) electrons. The predicted octanol–water partition coefficient (Wildman–Crippen LogP) is 3.06. The molecular weight excluding hydrogens is 621 g/mol. The van der Waals surface area contributed by atoms with E-state index >= 15 is 0 Å². The molecule has 0 fully saturated rings. The minimum absolute atomic E-state index is 0.00994. The molecule has 15 heteroatoms. The highest BCUT2D eigenvalue weighted by molar-refractivity contribution is 5.93. The molecule has 1 aliphatic heterocycles. The number of aromatic nitrogens is 3. The lowest BCUT2D eigenvalue weighted by Gasteiger charge is -2.36. The normalized spacial score (nSPS) is 14.5. The van der Waals surface area contributed by atoms with Crippen LogP contribution in [-0.4, -0.2) is 79.7 Å². The number of ether oxygens (including phenoxy) is 2. The lowest BCUT2D eigenvalue weighted by Crippen LogP contribution is -2.41. The summed E-state index contributed by atoms with van der Waals surface area (Å²) in [4.78, 5) is 36.3. The van der Waals surface area contributed by atoms with E-state index in [9.17, 15) is 28.0 Å². The number of nitriles is 1. The quantitative estimate of drug-likeness (QED) is 0.142. The molecule has 0 saturated carbocycles. The summed E-state index contributed by atoms with van der Waals surface area (Å²) in [5.41, 5.74) is 0.564. The van der Waals surface area contributed by atoms with Crippen molar-refractivity contribution in [2.45, 2.75) is 38.4 Å². The van der Waals surface area contributed by atoms with Crippen LogP contribution in [0.4, 0.5) is 24.8 Å². The van der Waals surface area contributed by atoms with Gasteiger partial charge >= 0.3 is 17.8 Å². The zero-order valence-corrected chi connectivity index (χ0v) is 26.8. The summed E-state index contributed by atoms with van der Waals surface area (Å²) in [7, 11) is 7.13. The van der Waals surface area contributed by atoms with Crippen LogP contribution in [0, 0.1) is 11.3 Å². The van der Waals surface area contributed by atoms with E-state index in [0.29, 0.717) is 24.2 Å². The first kappa shape index (κ1) is 36.5. The number of carbonyl (C=O) groups excluding carboxylic acids is 2. The SMILES string of the molecule is COCCC[N+](C)(C)CCCc1cc(C#N)ccc1[C@@H]1C(C(=O)OC)=C(C)N(c2cccc(C(F)(F)F)c2)c2n[nH]c(=O)n21.O=C[O-]. The number of nitrogens with one attached hydrogen (secondary N) is 1. The van der Waals surface area contributed by atoms with E-state index in [2.05, 4.69) is 30.4 Å². The van der Waals surface area contributed by atoms with Crippen LogP contribution in [0.2, 0.25) is 0 Å². The third-order valence-corrected chi connectivity index (χ3v) is 7.87. The molecule has 0 unspecified atom stereocenters. The fourth-order valence-electron chi connectivity index (χ4n) is 5.68. The lowest BCUT2D eigenvalue weighted by atomic mass is 9.88. The maximum atomic E-state index is 13.6. The van der Waals surface area contributed by atoms with Crippen molar-refractivity contribution in [1.82, 2.24) is 14.8 Å². The number of benzene rings is 2. The van der Waals surface area contributed by atoms with Gasteiger partial charge in [-0.05, 0) is 54.8 Å². The number of methoxy groups -OCH3 is 2. The number of nitrogens with zero attached hydrogens (tertiary/aromatic N) is 5. The Morgan fingerprint density at radius 1 is 1.17 bits per heavy atom. The fraction of sp³-hybridized carbons (Fsp3) is 0.406. The van der Waals surface area contributed by atoms with Gasteiger partial charge in [-0.25, -0.2) is 19.3 Å². The van der Waals surface area contributed by atoms with Crippen molar-refractivity contribution in [3.05, 3.63) is 86.5 Å². The number of hydrogen-bond acceptors (Lipinski definition) is 9. The number of alkyl halides is 3. The second-order valence-corrected chi connectivity index (χ2v) is 11.4. The van der Waals surface area contributed by atoms with Crippen LogP contribution in [0.25, 0.3) is 0 Å². The summed E-state index contributed by atoms with van der Waals surface area (Å²) >= 11 is 0. The first-order valence-corrected chi connectivity index (χ1v) is 14.6. The van der Waals surface area contributed by atoms with Crippen LogP contribution >= 0.6 is 0 Å². The summed E-state index contributed by atoms with van der Waals surface area (Å²) in [5, 5.41) is 24.5. The van der Waals surface area contributed by atoms with Crippen LogP contribution < -0.4 is 15.7 Å². The molecule has 0 amide bonds. The Kier molecular flexibility index (Phi) is 12.1. The molecule has 4 rings (SSSR count). The first-order valence-electron chi connectivity index (χ1n) is 14.6. The van der Waals surface area contributed by atoms with Crippen molar-refractivity contribution in [3.8, 4) is 6.07 Å². The summed E-state index contributed by atoms with van der Waals surface area (Å²) in [5.74, 6) is -0.745. The van der Waals surface area contributed by atoms with Crippen molar-refractivity contribution in [2.75, 3.05) is 52.9 Å². The molecule has 3 aromatic rings. The Hall–Kier alpha value is -4.94. The molecule has 0 aliphatic carbocycles. The minimum Gasteiger partial charge on any atom is -0.554 e. The Balaban J connectivity index is 0.00000192. The van der Waals surface area contributed by atoms with E-state index < -0.39 is 35.9 Å². The molecule has 0 bridgehead atoms. The number of aromatic amines is 1. The number of carboxylic acid groups (broad SMARTS) is 1. The van der Waals surface area contributed by atoms with Gasteiger partial charge in [-0.15, -0.1) is 5.10 Å². The van der Waals surface area contributed by atoms with E-state index in [1.54, 1.807) is 32.2 Å². The van der Waals surface area contributed by atoms with Gasteiger partial charge in [-0.3, -0.25) is 4.90 Å². The maximum absolute atomic E-state index is 13.6. The Labute approximate surface area is 269 Å². The number of esters is 1. The number of fused-ring (bicyclic) bond motifs is 1. The Bertz CT molecular complexity index is 1710. The third-order valence-electron chi connectivity index (χ3n) is 7.87. The van der Waals surface area contributed by atoms with Gasteiger partial charge < -0.3 is 23.9 Å². The molecule has 0 saturated heterocycles. The first-order chi connectivity index (χ1) is 22.2. The smallest absolute Gasteiger partial charge is 0.416 e. The number of halogens is 3. The number of anilines is 2. The van der Waals surface area contributed by atoms with E-state index in [1.165, 1.54) is 28.7 Å². The van der Waals surface area contributed by atoms with Crippen molar-refractivity contribution in [1.29, 1.82) is 5.26 Å². The zero-order valence-electron chi connectivity index (χ0n) is 26.8. The molecule has 47 heavy (non-hydrogen) atoms. The second-order valence-electron chi connectivity index (χ2n) is 11.4. The lowest BCUT2D eigenvalue weighted by molar-refractivity contribution is -0.890. The number of H-pyrrole nitrogens is 1. The van der Waals surface area contributed by atoms with Gasteiger partial charge in [-0.1, -0.05) is 12.1 Å². The average molecular weight is 659 g/mol. The fourth-order valence-corrected chi connectivity index (χ4v) is 5.68. The average Bonchev–Trinajstić information content (AvgIpc) is 3.40. The van der Waals surface area contributed by atoms with E-state index in [4.69, 9.17) is 19.4 Å². The number of aryl methyl sites for hydroxylation is 1. The second kappa shape index (κ2) is 15.6. The van der Waals surface area contributed by atoms with Gasteiger partial charge in [0.25, 0.3) is 0 Å². The Morgan fingerprint density at radius 3 is 2.47 bits per heavy atom. The zero-order chi connectivity index (χ0) is 34.9. The van der Waals surface area contributed by atoms with Gasteiger partial charge in [0.2, 0.25) is 5.95 Å². The largest absolute Gasteiger partial charge is 0.554 e. The molecule has 2 aromatic carbocycles. The minimum atomic E-state index is -4.61. The highest BCUT2D eigenvalue weighted by Crippen LogP contribution is 2.43. The van der Waals surface area contributed by atoms with Crippen LogP contribution in [0.15, 0.2) is 58.5 Å². The number of quaternary nitrogens is 1. The standard InChI is InChI=1S/C31H35F3N6O4.CH2O2/c1-20-26(28(41)44-5)27(25-13-12-21(19-35)17-22(25)9-7-14-40(2,3)15-8-16-43-4)39-29(36-37-30(39)42)38(20)24-11-6-10-23(18-24)31(32,33)34;2-1-3/h6,10-13,17-18,27H,7-9,14-16H2,1-5H3;1H,(H,2,3)/t27-;/m1./s1. The van der Waals surface area contributed by atoms with Crippen LogP contribution in [0.1, 0.15) is 48.1 Å². The van der Waals surface area contributed by atoms with E-state index in [1.807, 2.05) is 0 Å². The summed E-state index contributed by atoms with van der Waals surface area (Å²) in [6, 6.07) is 10.8. The predicted molar refractivity (Wildman–Crippen MR) is 163 cm³/mol. The van der Waals surface area contributed by atoms with E-state index in [-0.39, 0.29) is 22.9 Å². The molecule has 2 heterocycles. The van der Waals surface area contributed by atoms with Gasteiger partial charge in [0.1, 0.15) is 6.04 Å². The summed E-state index contributed by atoms with van der Waals surface area (Å²) in [6.07, 6.45) is -2.42. The highest BCUT2D eigenvalue weighted by Gasteiger charge is 2.41. The van der Waals surface area contributed by atoms with Gasteiger partial charge in [-0.2, -0.15) is 18.4 Å². The molecule has 1 aromatic heterocycles. The Morgan fingerprint density at radius 2 is 1.85 bits per heavy atom. The van der Waals surface area contributed by atoms with E-state index in [0.717, 1.165) is 48.1 Å². The van der Waals surface area contributed by atoms with Crippen LogP contribution in [0.3, 0.4) is 0 Å². The van der Waals surface area contributed by atoms with Crippen molar-refractivity contribution < 1.29 is 41.8 Å². The van der Waals surface area contributed by atoms with Crippen molar-refractivity contribution in [3.63, 3.8) is 0 Å². The molecule has 1 aliphatic rings. The van der Waals surface area contributed by atoms with Gasteiger partial charge in [0.15, 0.2) is 0 Å². The molecule has 0 spiro atoms. The summed E-state index contributed by atoms with van der Waals surface area (Å²) < 4.78 is 53.2. The third kappa shape index (κ3) is 8.46. The van der Waals surface area contributed by atoms with Crippen molar-refractivity contribution in [2.24, 2.45) is 0 Å². The van der Waals surface area contributed by atoms with Gasteiger partial charge in [0, 0.05) is 37.8 Å². The summed E-state index contributed by atoms with van der Waals surface area (Å²) in [6.45, 7) is 3.48. The topological polar surface area (TPSA) is 153 Å². The van der Waals surface area contributed by atoms with Crippen molar-refractivity contribution >= 4 is 24.1 Å².